The molecule has 1 radical (unpaired) electrons. The molecule has 0 unspecified atom stereocenters. The average molecular weight is 422 g/mol. The molecule has 2 aromatic heterocycles. The highest BCUT2D eigenvalue weighted by atomic mass is 32.1. The van der Waals surface area contributed by atoms with Crippen LogP contribution < -0.4 is 5.32 Å². The van der Waals surface area contributed by atoms with Gasteiger partial charge in [-0.05, 0) is 50.1 Å². The summed E-state index contributed by atoms with van der Waals surface area (Å²) in [5.74, 6) is -0.0194. The summed E-state index contributed by atoms with van der Waals surface area (Å²) in [6.45, 7) is 10.3. The van der Waals surface area contributed by atoms with Crippen LogP contribution in [0.1, 0.15) is 54.6 Å². The van der Waals surface area contributed by atoms with Crippen molar-refractivity contribution in [3.63, 3.8) is 0 Å². The van der Waals surface area contributed by atoms with Crippen molar-refractivity contribution < 1.29 is 14.3 Å². The SMILES string of the molecule is [CH2]CCC[C@@H](CN(Cc1cccs1)C(=O)c1cccs1)NC(=O)OC(C)(C)C. The number of ether oxygens (including phenoxy) is 1. The molecule has 5 nitrogen and oxygen atoms in total. The first kappa shape index (κ1) is 22.4. The minimum Gasteiger partial charge on any atom is -0.444 e. The summed E-state index contributed by atoms with van der Waals surface area (Å²) in [7, 11) is 0. The van der Waals surface area contributed by atoms with E-state index in [0.717, 1.165) is 24.1 Å². The van der Waals surface area contributed by atoms with Crippen molar-refractivity contribution in [2.24, 2.45) is 0 Å². The Balaban J connectivity index is 2.13. The molecule has 0 spiro atoms. The van der Waals surface area contributed by atoms with Crippen molar-refractivity contribution in [1.82, 2.24) is 10.2 Å². The van der Waals surface area contributed by atoms with E-state index in [1.165, 1.54) is 11.3 Å². The quantitative estimate of drug-likeness (QED) is 0.594. The minimum atomic E-state index is -0.565. The Morgan fingerprint density at radius 3 is 2.50 bits per heavy atom. The van der Waals surface area contributed by atoms with E-state index < -0.39 is 11.7 Å². The van der Waals surface area contributed by atoms with Gasteiger partial charge in [0.1, 0.15) is 5.60 Å². The number of rotatable bonds is 9. The molecule has 0 aromatic carbocycles. The maximum atomic E-state index is 13.0. The van der Waals surface area contributed by atoms with Crippen molar-refractivity contribution in [2.75, 3.05) is 6.54 Å². The fourth-order valence-electron chi connectivity index (χ4n) is 2.71. The molecule has 2 rings (SSSR count). The molecule has 28 heavy (non-hydrogen) atoms. The number of hydrogen-bond acceptors (Lipinski definition) is 5. The first-order valence-electron chi connectivity index (χ1n) is 9.42. The molecule has 2 aromatic rings. The molecule has 2 amide bonds. The van der Waals surface area contributed by atoms with Crippen LogP contribution in [0.2, 0.25) is 0 Å². The lowest BCUT2D eigenvalue weighted by atomic mass is 10.1. The summed E-state index contributed by atoms with van der Waals surface area (Å²) in [6.07, 6.45) is 1.92. The Bertz CT molecular complexity index is 721. The molecule has 0 aliphatic carbocycles. The molecule has 2 heterocycles. The van der Waals surface area contributed by atoms with Crippen molar-refractivity contribution >= 4 is 34.7 Å². The highest BCUT2D eigenvalue weighted by Gasteiger charge is 2.24. The Morgan fingerprint density at radius 1 is 1.21 bits per heavy atom. The van der Waals surface area contributed by atoms with Crippen LogP contribution in [0.15, 0.2) is 35.0 Å². The topological polar surface area (TPSA) is 58.6 Å². The number of nitrogens with one attached hydrogen (secondary N) is 1. The maximum absolute atomic E-state index is 13.0. The zero-order valence-corrected chi connectivity index (χ0v) is 18.4. The molecule has 0 aliphatic rings. The molecule has 0 aliphatic heterocycles. The number of carbonyl (C=O) groups is 2. The first-order valence-corrected chi connectivity index (χ1v) is 11.2. The zero-order valence-electron chi connectivity index (χ0n) is 16.8. The average Bonchev–Trinajstić information content (AvgIpc) is 3.30. The smallest absolute Gasteiger partial charge is 0.407 e. The Morgan fingerprint density at radius 2 is 1.93 bits per heavy atom. The summed E-state index contributed by atoms with van der Waals surface area (Å²) >= 11 is 3.05. The molecule has 0 bridgehead atoms. The van der Waals surface area contributed by atoms with Crippen molar-refractivity contribution in [3.05, 3.63) is 51.7 Å². The van der Waals surface area contributed by atoms with E-state index >= 15 is 0 Å². The molecule has 0 fully saturated rings. The predicted molar refractivity (Wildman–Crippen MR) is 116 cm³/mol. The van der Waals surface area contributed by atoms with Crippen LogP contribution in [0.25, 0.3) is 0 Å². The van der Waals surface area contributed by atoms with Crippen LogP contribution in [0.3, 0.4) is 0 Å². The van der Waals surface area contributed by atoms with Gasteiger partial charge in [0.25, 0.3) is 5.91 Å². The molecule has 0 saturated heterocycles. The molecule has 7 heteroatoms. The number of alkyl carbamates (subject to hydrolysis) is 1. The lowest BCUT2D eigenvalue weighted by Gasteiger charge is -2.29. The van der Waals surface area contributed by atoms with Crippen molar-refractivity contribution in [3.8, 4) is 0 Å². The predicted octanol–water partition coefficient (Wildman–Crippen LogP) is 5.35. The number of nitrogens with zero attached hydrogens (tertiary/aromatic N) is 1. The number of carbonyl (C=O) groups excluding carboxylic acids is 2. The zero-order chi connectivity index (χ0) is 20.6. The Labute approximate surface area is 175 Å². The van der Waals surface area contributed by atoms with E-state index in [2.05, 4.69) is 12.2 Å². The van der Waals surface area contributed by atoms with Crippen molar-refractivity contribution in [1.29, 1.82) is 0 Å². The van der Waals surface area contributed by atoms with E-state index in [1.54, 1.807) is 11.3 Å². The van der Waals surface area contributed by atoms with E-state index in [9.17, 15) is 9.59 Å². The van der Waals surface area contributed by atoms with Gasteiger partial charge in [-0.3, -0.25) is 4.79 Å². The van der Waals surface area contributed by atoms with Gasteiger partial charge in [-0.1, -0.05) is 31.9 Å². The number of hydrogen-bond donors (Lipinski definition) is 1. The second-order valence-electron chi connectivity index (χ2n) is 7.58. The molecule has 153 valence electrons. The van der Waals surface area contributed by atoms with Gasteiger partial charge < -0.3 is 15.0 Å². The molecule has 1 N–H and O–H groups in total. The van der Waals surface area contributed by atoms with E-state index in [1.807, 2.05) is 60.7 Å². The fraction of sp³-hybridized carbons (Fsp3) is 0.476. The fourth-order valence-corrected chi connectivity index (χ4v) is 4.12. The van der Waals surface area contributed by atoms with Gasteiger partial charge >= 0.3 is 6.09 Å². The van der Waals surface area contributed by atoms with Gasteiger partial charge in [0.2, 0.25) is 0 Å². The van der Waals surface area contributed by atoms with E-state index in [4.69, 9.17) is 4.74 Å². The number of unbranched alkanes of at least 4 members (excludes halogenated alkanes) is 1. The highest BCUT2D eigenvalue weighted by molar-refractivity contribution is 7.12. The van der Waals surface area contributed by atoms with E-state index in [0.29, 0.717) is 18.0 Å². The van der Waals surface area contributed by atoms with Crippen LogP contribution >= 0.6 is 22.7 Å². The van der Waals surface area contributed by atoms with Gasteiger partial charge in [0.15, 0.2) is 0 Å². The second-order valence-corrected chi connectivity index (χ2v) is 9.56. The molecular formula is C21H29N2O3S2. The van der Waals surface area contributed by atoms with Crippen LogP contribution in [-0.2, 0) is 11.3 Å². The number of amides is 2. The third-order valence-corrected chi connectivity index (χ3v) is 5.63. The highest BCUT2D eigenvalue weighted by Crippen LogP contribution is 2.19. The maximum Gasteiger partial charge on any atom is 0.407 e. The van der Waals surface area contributed by atoms with Gasteiger partial charge in [-0.2, -0.15) is 0 Å². The Kier molecular flexibility index (Phi) is 8.51. The van der Waals surface area contributed by atoms with Crippen LogP contribution in [0.5, 0.6) is 0 Å². The molecule has 1 atom stereocenters. The van der Waals surface area contributed by atoms with Gasteiger partial charge in [-0.25, -0.2) is 4.79 Å². The van der Waals surface area contributed by atoms with Gasteiger partial charge in [-0.15, -0.1) is 22.7 Å². The van der Waals surface area contributed by atoms with E-state index in [-0.39, 0.29) is 11.9 Å². The van der Waals surface area contributed by atoms with Crippen LogP contribution in [-0.4, -0.2) is 35.1 Å². The second kappa shape index (κ2) is 10.6. The summed E-state index contributed by atoms with van der Waals surface area (Å²) < 4.78 is 5.40. The lowest BCUT2D eigenvalue weighted by Crippen LogP contribution is -2.46. The van der Waals surface area contributed by atoms with Gasteiger partial charge in [0.05, 0.1) is 11.4 Å². The summed E-state index contributed by atoms with van der Waals surface area (Å²) in [5.41, 5.74) is -0.565. The minimum absolute atomic E-state index is 0.0194. The van der Waals surface area contributed by atoms with Gasteiger partial charge in [0, 0.05) is 17.5 Å². The normalized spacial score (nSPS) is 12.4. The van der Waals surface area contributed by atoms with Crippen LogP contribution in [0.4, 0.5) is 4.79 Å². The van der Waals surface area contributed by atoms with Crippen LogP contribution in [0, 0.1) is 6.92 Å². The third-order valence-electron chi connectivity index (χ3n) is 3.91. The molecular weight excluding hydrogens is 392 g/mol. The van der Waals surface area contributed by atoms with Crippen molar-refractivity contribution in [2.45, 2.75) is 58.2 Å². The Hall–Kier alpha value is -1.86. The number of thiophene rings is 2. The standard InChI is InChI=1S/C21H29N2O3S2/c1-5-6-9-16(22-20(25)26-21(2,3)4)14-23(15-17-10-7-12-27-17)19(24)18-11-8-13-28-18/h7-8,10-13,16H,1,5-6,9,14-15H2,2-4H3,(H,22,25)/t16-/m0/s1. The summed E-state index contributed by atoms with van der Waals surface area (Å²) in [4.78, 5) is 28.9. The monoisotopic (exact) mass is 421 g/mol. The largest absolute Gasteiger partial charge is 0.444 e. The lowest BCUT2D eigenvalue weighted by molar-refractivity contribution is 0.0473. The first-order chi connectivity index (χ1) is 13.3. The third kappa shape index (κ3) is 7.64. The molecule has 0 saturated carbocycles. The summed E-state index contributed by atoms with van der Waals surface area (Å²) in [5, 5.41) is 6.84. The summed E-state index contributed by atoms with van der Waals surface area (Å²) in [6, 6.07) is 7.51.